The first-order valence-electron chi connectivity index (χ1n) is 9.79. The number of para-hydroxylation sites is 1. The number of oxazole rings is 1. The molecule has 0 saturated carbocycles. The van der Waals surface area contributed by atoms with Crippen LogP contribution in [-0.4, -0.2) is 20.3 Å². The summed E-state index contributed by atoms with van der Waals surface area (Å²) in [7, 11) is 1.76. The Bertz CT molecular complexity index is 1290. The number of aryl methyl sites for hydroxylation is 1. The molecule has 0 aliphatic rings. The SMILES string of the molecule is Cc1c(NC(=O)CCc2ncc(-c3ccccc3F)o2)c(=O)n(-c2ccccc2)n1C. The van der Waals surface area contributed by atoms with Gasteiger partial charge < -0.3 is 9.73 Å². The first-order valence-corrected chi connectivity index (χ1v) is 9.79. The molecule has 2 aromatic carbocycles. The van der Waals surface area contributed by atoms with Gasteiger partial charge in [0.1, 0.15) is 11.5 Å². The van der Waals surface area contributed by atoms with Crippen LogP contribution in [0.2, 0.25) is 0 Å². The van der Waals surface area contributed by atoms with Gasteiger partial charge in [0.05, 0.1) is 23.1 Å². The maximum atomic E-state index is 13.9. The second kappa shape index (κ2) is 8.43. The van der Waals surface area contributed by atoms with E-state index < -0.39 is 5.82 Å². The van der Waals surface area contributed by atoms with Crippen LogP contribution in [0.5, 0.6) is 0 Å². The van der Waals surface area contributed by atoms with E-state index in [1.807, 2.05) is 30.3 Å². The van der Waals surface area contributed by atoms with Crippen LogP contribution in [0.4, 0.5) is 10.1 Å². The van der Waals surface area contributed by atoms with Crippen LogP contribution < -0.4 is 10.9 Å². The van der Waals surface area contributed by atoms with Gasteiger partial charge in [-0.1, -0.05) is 30.3 Å². The summed E-state index contributed by atoms with van der Waals surface area (Å²) >= 11 is 0. The lowest BCUT2D eigenvalue weighted by Gasteiger charge is -2.07. The lowest BCUT2D eigenvalue weighted by Crippen LogP contribution is -2.23. The van der Waals surface area contributed by atoms with Crippen molar-refractivity contribution in [2.45, 2.75) is 19.8 Å². The highest BCUT2D eigenvalue weighted by Gasteiger charge is 2.18. The van der Waals surface area contributed by atoms with Gasteiger partial charge in [-0.05, 0) is 31.2 Å². The molecule has 4 rings (SSSR count). The molecule has 0 fully saturated rings. The van der Waals surface area contributed by atoms with Gasteiger partial charge in [0.2, 0.25) is 5.91 Å². The van der Waals surface area contributed by atoms with Crippen LogP contribution in [0.3, 0.4) is 0 Å². The van der Waals surface area contributed by atoms with Crippen molar-refractivity contribution in [1.82, 2.24) is 14.3 Å². The number of hydrogen-bond donors (Lipinski definition) is 1. The van der Waals surface area contributed by atoms with E-state index in [-0.39, 0.29) is 30.0 Å². The van der Waals surface area contributed by atoms with E-state index in [0.29, 0.717) is 28.6 Å². The Kier molecular flexibility index (Phi) is 5.53. The summed E-state index contributed by atoms with van der Waals surface area (Å²) in [5.74, 6) is -0.119. The number of anilines is 1. The van der Waals surface area contributed by atoms with E-state index in [9.17, 15) is 14.0 Å². The largest absolute Gasteiger partial charge is 0.441 e. The van der Waals surface area contributed by atoms with Gasteiger partial charge >= 0.3 is 0 Å². The smallest absolute Gasteiger partial charge is 0.295 e. The van der Waals surface area contributed by atoms with Gasteiger partial charge in [0, 0.05) is 19.9 Å². The predicted molar refractivity (Wildman–Crippen MR) is 115 cm³/mol. The molecular formula is C23H21FN4O3. The number of carbonyl (C=O) groups is 1. The first kappa shape index (κ1) is 20.3. The highest BCUT2D eigenvalue weighted by atomic mass is 19.1. The van der Waals surface area contributed by atoms with Crippen molar-refractivity contribution in [2.75, 3.05) is 5.32 Å². The number of rotatable bonds is 6. The second-order valence-electron chi connectivity index (χ2n) is 7.08. The number of benzene rings is 2. The molecule has 1 amide bonds. The summed E-state index contributed by atoms with van der Waals surface area (Å²) in [5.41, 5.74) is 1.58. The number of nitrogens with zero attached hydrogens (tertiary/aromatic N) is 3. The zero-order valence-corrected chi connectivity index (χ0v) is 17.1. The Morgan fingerprint density at radius 3 is 2.58 bits per heavy atom. The molecule has 2 aromatic heterocycles. The van der Waals surface area contributed by atoms with E-state index in [4.69, 9.17) is 4.42 Å². The minimum atomic E-state index is -0.405. The summed E-state index contributed by atoms with van der Waals surface area (Å²) in [6.45, 7) is 1.77. The average molecular weight is 420 g/mol. The molecule has 8 heteroatoms. The third-order valence-corrected chi connectivity index (χ3v) is 5.08. The van der Waals surface area contributed by atoms with Crippen molar-refractivity contribution in [2.24, 2.45) is 7.05 Å². The molecule has 0 saturated heterocycles. The quantitative estimate of drug-likeness (QED) is 0.514. The molecule has 7 nitrogen and oxygen atoms in total. The Labute approximate surface area is 177 Å². The lowest BCUT2D eigenvalue weighted by atomic mass is 10.2. The molecule has 0 aliphatic carbocycles. The molecule has 0 atom stereocenters. The molecule has 158 valence electrons. The second-order valence-corrected chi connectivity index (χ2v) is 7.08. The fourth-order valence-corrected chi connectivity index (χ4v) is 3.35. The van der Waals surface area contributed by atoms with Crippen LogP contribution in [-0.2, 0) is 18.3 Å². The monoisotopic (exact) mass is 420 g/mol. The minimum Gasteiger partial charge on any atom is -0.441 e. The first-order chi connectivity index (χ1) is 15.0. The van der Waals surface area contributed by atoms with E-state index >= 15 is 0 Å². The molecule has 31 heavy (non-hydrogen) atoms. The zero-order chi connectivity index (χ0) is 22.0. The third kappa shape index (κ3) is 4.05. The summed E-state index contributed by atoms with van der Waals surface area (Å²) in [5, 5.41) is 2.70. The number of halogens is 1. The van der Waals surface area contributed by atoms with Crippen LogP contribution >= 0.6 is 0 Å². The van der Waals surface area contributed by atoms with Crippen molar-refractivity contribution in [1.29, 1.82) is 0 Å². The molecule has 0 aliphatic heterocycles. The molecule has 0 bridgehead atoms. The Hall–Kier alpha value is -3.94. The van der Waals surface area contributed by atoms with Crippen molar-refractivity contribution in [3.63, 3.8) is 0 Å². The number of aromatic nitrogens is 3. The van der Waals surface area contributed by atoms with Crippen LogP contribution in [0.25, 0.3) is 17.0 Å². The highest BCUT2D eigenvalue weighted by molar-refractivity contribution is 5.91. The minimum absolute atomic E-state index is 0.0658. The average Bonchev–Trinajstić information content (AvgIpc) is 3.32. The summed E-state index contributed by atoms with van der Waals surface area (Å²) < 4.78 is 22.7. The number of amides is 1. The van der Waals surface area contributed by atoms with Crippen molar-refractivity contribution in [3.8, 4) is 17.0 Å². The zero-order valence-electron chi connectivity index (χ0n) is 17.1. The fraction of sp³-hybridized carbons (Fsp3) is 0.174. The van der Waals surface area contributed by atoms with Crippen molar-refractivity contribution < 1.29 is 13.6 Å². The van der Waals surface area contributed by atoms with Gasteiger partial charge in [-0.25, -0.2) is 14.1 Å². The summed E-state index contributed by atoms with van der Waals surface area (Å²) in [4.78, 5) is 29.5. The van der Waals surface area contributed by atoms with Crippen LogP contribution in [0, 0.1) is 12.7 Å². The number of carbonyl (C=O) groups excluding carboxylic acids is 1. The molecule has 4 aromatic rings. The lowest BCUT2D eigenvalue weighted by molar-refractivity contribution is -0.116. The molecule has 1 N–H and O–H groups in total. The van der Waals surface area contributed by atoms with E-state index in [1.165, 1.54) is 16.9 Å². The van der Waals surface area contributed by atoms with E-state index in [2.05, 4.69) is 10.3 Å². The summed E-state index contributed by atoms with van der Waals surface area (Å²) in [6.07, 6.45) is 1.72. The molecule has 2 heterocycles. The molecular weight excluding hydrogens is 399 g/mol. The summed E-state index contributed by atoms with van der Waals surface area (Å²) in [6, 6.07) is 15.4. The van der Waals surface area contributed by atoms with Crippen molar-refractivity contribution in [3.05, 3.63) is 88.5 Å². The maximum absolute atomic E-state index is 13.9. The highest BCUT2D eigenvalue weighted by Crippen LogP contribution is 2.23. The standard InChI is InChI=1S/C23H21FN4O3/c1-15-22(23(30)28(27(15)2)16-8-4-3-5-9-16)26-20(29)12-13-21-25-14-19(31-21)17-10-6-7-11-18(17)24/h3-11,14H,12-13H2,1-2H3,(H,26,29). The van der Waals surface area contributed by atoms with Gasteiger partial charge in [-0.2, -0.15) is 0 Å². The molecule has 0 unspecified atom stereocenters. The van der Waals surface area contributed by atoms with E-state index in [0.717, 1.165) is 0 Å². The van der Waals surface area contributed by atoms with Crippen molar-refractivity contribution >= 4 is 11.6 Å². The van der Waals surface area contributed by atoms with Gasteiger partial charge in [0.25, 0.3) is 5.56 Å². The topological polar surface area (TPSA) is 82.1 Å². The molecule has 0 radical (unpaired) electrons. The maximum Gasteiger partial charge on any atom is 0.295 e. The molecule has 0 spiro atoms. The fourth-order valence-electron chi connectivity index (χ4n) is 3.35. The Morgan fingerprint density at radius 2 is 1.84 bits per heavy atom. The predicted octanol–water partition coefficient (Wildman–Crippen LogP) is 3.85. The van der Waals surface area contributed by atoms with Gasteiger partial charge in [0.15, 0.2) is 11.7 Å². The normalized spacial score (nSPS) is 10.9. The number of nitrogens with one attached hydrogen (secondary N) is 1. The number of hydrogen-bond acceptors (Lipinski definition) is 4. The van der Waals surface area contributed by atoms with Gasteiger partial charge in [-0.3, -0.25) is 14.3 Å². The third-order valence-electron chi connectivity index (χ3n) is 5.08. The Balaban J connectivity index is 1.46. The van der Waals surface area contributed by atoms with Gasteiger partial charge in [-0.15, -0.1) is 0 Å². The Morgan fingerprint density at radius 1 is 1.13 bits per heavy atom. The van der Waals surface area contributed by atoms with E-state index in [1.54, 1.807) is 36.9 Å². The van der Waals surface area contributed by atoms with Crippen LogP contribution in [0.1, 0.15) is 18.0 Å². The van der Waals surface area contributed by atoms with Crippen LogP contribution in [0.15, 0.2) is 70.0 Å².